The molecule has 0 aliphatic heterocycles. The molecule has 0 amide bonds. The van der Waals surface area contributed by atoms with Crippen LogP contribution in [0.5, 0.6) is 0 Å². The monoisotopic (exact) mass is 616 g/mol. The second-order valence-electron chi connectivity index (χ2n) is 12.1. The molecule has 4 aromatic carbocycles. The summed E-state index contributed by atoms with van der Waals surface area (Å²) in [5.41, 5.74) is 8.72. The van der Waals surface area contributed by atoms with Gasteiger partial charge in [0.1, 0.15) is 0 Å². The Hall–Kier alpha value is -2.98. The van der Waals surface area contributed by atoms with Crippen LogP contribution in [0.3, 0.4) is 0 Å². The molecule has 7 rings (SSSR count). The summed E-state index contributed by atoms with van der Waals surface area (Å²) in [5.74, 6) is 0. The van der Waals surface area contributed by atoms with E-state index in [0.29, 0.717) is 0 Å². The maximum atomic E-state index is 2.45. The van der Waals surface area contributed by atoms with E-state index in [9.17, 15) is 0 Å². The highest BCUT2D eigenvalue weighted by molar-refractivity contribution is 7.43. The fourth-order valence-corrected chi connectivity index (χ4v) is 10.6. The van der Waals surface area contributed by atoms with Gasteiger partial charge in [0.15, 0.2) is 0 Å². The van der Waals surface area contributed by atoms with E-state index in [1.807, 2.05) is 34.0 Å². The highest BCUT2D eigenvalue weighted by Crippen LogP contribution is 2.50. The van der Waals surface area contributed by atoms with Gasteiger partial charge in [0.05, 0.1) is 18.8 Å². The molecule has 0 bridgehead atoms. The molecule has 0 aliphatic carbocycles. The lowest BCUT2D eigenvalue weighted by atomic mass is 10.0. The van der Waals surface area contributed by atoms with Gasteiger partial charge in [-0.25, -0.2) is 0 Å². The Morgan fingerprint density at radius 2 is 0.721 bits per heavy atom. The molecule has 0 fully saturated rings. The minimum Gasteiger partial charge on any atom is -0.133 e. The van der Waals surface area contributed by atoms with Crippen molar-refractivity contribution in [2.75, 3.05) is 0 Å². The van der Waals surface area contributed by atoms with Crippen LogP contribution < -0.4 is 0 Å². The Morgan fingerprint density at radius 3 is 1.12 bits per heavy atom. The Labute approximate surface area is 268 Å². The first-order valence-corrected chi connectivity index (χ1v) is 18.6. The maximum absolute atomic E-state index is 2.45. The fraction of sp³-hybridized carbons (Fsp3) is 0.300. The summed E-state index contributed by atoms with van der Waals surface area (Å²) in [5, 5.41) is 2.87. The normalized spacial score (nSPS) is 12.0. The van der Waals surface area contributed by atoms with Gasteiger partial charge in [-0.3, -0.25) is 0 Å². The maximum Gasteiger partial charge on any atom is 0.0642 e. The number of unbranched alkanes of at least 4 members (excludes halogenated alkanes) is 2. The number of fused-ring (bicyclic) bond motifs is 7. The molecule has 0 atom stereocenters. The summed E-state index contributed by atoms with van der Waals surface area (Å²) in [6, 6.07) is 33.0. The van der Waals surface area contributed by atoms with Crippen molar-refractivity contribution >= 4 is 73.0 Å². The molecule has 3 heteroatoms. The summed E-state index contributed by atoms with van der Waals surface area (Å²) < 4.78 is 8.80. The van der Waals surface area contributed by atoms with E-state index in [1.54, 1.807) is 0 Å². The molecule has 0 aliphatic rings. The van der Waals surface area contributed by atoms with Gasteiger partial charge in [0.25, 0.3) is 0 Å². The molecule has 7 aromatic rings. The van der Waals surface area contributed by atoms with Crippen LogP contribution in [0, 0.1) is 0 Å². The van der Waals surface area contributed by atoms with E-state index in [2.05, 4.69) is 98.8 Å². The second kappa shape index (κ2) is 12.9. The number of aryl methyl sites for hydroxylation is 6. The number of thiophene rings is 3. The molecule has 0 unspecified atom stereocenters. The summed E-state index contributed by atoms with van der Waals surface area (Å²) >= 11 is 5.99. The average molecular weight is 617 g/mol. The first kappa shape index (κ1) is 28.8. The second-order valence-corrected chi connectivity index (χ2v) is 15.2. The molecule has 0 radical (unpaired) electrons. The fourth-order valence-electron chi connectivity index (χ4n) is 6.23. The van der Waals surface area contributed by atoms with E-state index in [0.717, 1.165) is 25.7 Å². The molecular weight excluding hydrogens is 577 g/mol. The minimum absolute atomic E-state index is 1.10. The molecule has 3 heterocycles. The zero-order valence-corrected chi connectivity index (χ0v) is 27.8. The molecule has 0 N–H and O–H groups in total. The minimum atomic E-state index is 1.10. The van der Waals surface area contributed by atoms with Crippen LogP contribution in [0.15, 0.2) is 84.9 Å². The van der Waals surface area contributed by atoms with Gasteiger partial charge in [-0.15, -0.1) is 34.0 Å². The topological polar surface area (TPSA) is 0 Å². The number of rotatable bonds is 12. The predicted molar refractivity (Wildman–Crippen MR) is 195 cm³/mol. The number of hydrogen-bond acceptors (Lipinski definition) is 3. The smallest absolute Gasteiger partial charge is 0.0642 e. The SMILES string of the molecule is CCCCc1ccc(CCc2ccc3c(c2)sc2c3sc3c4ccc(CCc5ccc(CCCC)cc5)cc4sc32)cc1. The van der Waals surface area contributed by atoms with Gasteiger partial charge in [0, 0.05) is 20.2 Å². The summed E-state index contributed by atoms with van der Waals surface area (Å²) in [7, 11) is 0. The quantitative estimate of drug-likeness (QED) is 0.128. The lowest BCUT2D eigenvalue weighted by Gasteiger charge is -2.05. The first-order valence-electron chi connectivity index (χ1n) is 16.1. The predicted octanol–water partition coefficient (Wildman–Crippen LogP) is 12.7. The van der Waals surface area contributed by atoms with Crippen molar-refractivity contribution in [1.82, 2.24) is 0 Å². The van der Waals surface area contributed by atoms with Gasteiger partial charge in [0.2, 0.25) is 0 Å². The van der Waals surface area contributed by atoms with Gasteiger partial charge in [-0.2, -0.15) is 0 Å². The van der Waals surface area contributed by atoms with Crippen molar-refractivity contribution in [3.05, 3.63) is 118 Å². The largest absolute Gasteiger partial charge is 0.133 e. The van der Waals surface area contributed by atoms with Crippen molar-refractivity contribution < 1.29 is 0 Å². The van der Waals surface area contributed by atoms with E-state index < -0.39 is 0 Å². The van der Waals surface area contributed by atoms with Crippen LogP contribution in [-0.2, 0) is 38.5 Å². The highest BCUT2D eigenvalue weighted by Gasteiger charge is 2.17. The standard InChI is InChI=1S/C40H40S3/c1-3-5-7-27-9-13-29(14-10-27)17-19-31-21-23-33-35(25-31)41-39-37(33)43-38-34-24-22-32(26-36(34)42-40(38)39)20-18-30-15-11-28(12-16-30)8-6-4-2/h9-16,21-26H,3-8,17-20H2,1-2H3. The average Bonchev–Trinajstić information content (AvgIpc) is 3.69. The zero-order valence-electron chi connectivity index (χ0n) is 25.4. The van der Waals surface area contributed by atoms with Crippen molar-refractivity contribution in [2.45, 2.75) is 78.1 Å². The summed E-state index contributed by atoms with van der Waals surface area (Å²) in [6.07, 6.45) is 11.9. The van der Waals surface area contributed by atoms with Crippen LogP contribution in [0.4, 0.5) is 0 Å². The van der Waals surface area contributed by atoms with Gasteiger partial charge >= 0.3 is 0 Å². The van der Waals surface area contributed by atoms with E-state index in [4.69, 9.17) is 0 Å². The summed E-state index contributed by atoms with van der Waals surface area (Å²) in [6.45, 7) is 4.53. The van der Waals surface area contributed by atoms with E-state index in [-0.39, 0.29) is 0 Å². The lowest BCUT2D eigenvalue weighted by Crippen LogP contribution is -1.92. The van der Waals surface area contributed by atoms with E-state index in [1.165, 1.54) is 111 Å². The number of benzene rings is 4. The molecule has 0 saturated heterocycles. The third kappa shape index (κ3) is 6.18. The molecule has 3 aromatic heterocycles. The van der Waals surface area contributed by atoms with Crippen LogP contribution in [0.25, 0.3) is 39.0 Å². The molecular formula is C40H40S3. The van der Waals surface area contributed by atoms with Crippen LogP contribution in [0.2, 0.25) is 0 Å². The Bertz CT molecular complexity index is 1840. The highest BCUT2D eigenvalue weighted by atomic mass is 32.1. The van der Waals surface area contributed by atoms with Gasteiger partial charge < -0.3 is 0 Å². The molecule has 0 spiro atoms. The molecule has 218 valence electrons. The summed E-state index contributed by atoms with van der Waals surface area (Å²) in [4.78, 5) is 0. The molecule has 43 heavy (non-hydrogen) atoms. The Morgan fingerprint density at radius 1 is 0.372 bits per heavy atom. The molecule has 0 nitrogen and oxygen atoms in total. The Kier molecular flexibility index (Phi) is 8.66. The zero-order chi connectivity index (χ0) is 29.2. The van der Waals surface area contributed by atoms with Crippen LogP contribution in [0.1, 0.15) is 72.9 Å². The van der Waals surface area contributed by atoms with E-state index >= 15 is 0 Å². The van der Waals surface area contributed by atoms with Crippen LogP contribution in [-0.4, -0.2) is 0 Å². The van der Waals surface area contributed by atoms with Crippen LogP contribution >= 0.6 is 34.0 Å². The van der Waals surface area contributed by atoms with Crippen molar-refractivity contribution in [3.8, 4) is 0 Å². The van der Waals surface area contributed by atoms with Gasteiger partial charge in [-0.1, -0.05) is 99.5 Å². The lowest BCUT2D eigenvalue weighted by molar-refractivity contribution is 0.794. The van der Waals surface area contributed by atoms with Crippen molar-refractivity contribution in [1.29, 1.82) is 0 Å². The Balaban J connectivity index is 1.07. The molecule has 0 saturated carbocycles. The van der Waals surface area contributed by atoms with Crippen molar-refractivity contribution in [2.24, 2.45) is 0 Å². The first-order chi connectivity index (χ1) is 21.2. The van der Waals surface area contributed by atoms with Crippen molar-refractivity contribution in [3.63, 3.8) is 0 Å². The third-order valence-electron chi connectivity index (χ3n) is 8.92. The number of hydrogen-bond donors (Lipinski definition) is 0. The third-order valence-corrected chi connectivity index (χ3v) is 12.9. The van der Waals surface area contributed by atoms with Gasteiger partial charge in [-0.05, 0) is 96.9 Å².